The number of hydrogen-bond acceptors (Lipinski definition) is 4. The fourth-order valence-electron chi connectivity index (χ4n) is 1.29. The summed E-state index contributed by atoms with van der Waals surface area (Å²) < 4.78 is 20.1. The molecule has 0 amide bonds. The van der Waals surface area contributed by atoms with Gasteiger partial charge in [0.2, 0.25) is 11.7 Å². The Kier molecular flexibility index (Phi) is 4.11. The van der Waals surface area contributed by atoms with E-state index in [1.807, 2.05) is 0 Å². The fraction of sp³-hybridized carbons (Fsp3) is 0. The number of nitrogens with zero attached hydrogens (tertiary/aromatic N) is 2. The van der Waals surface area contributed by atoms with E-state index in [2.05, 4.69) is 36.8 Å². The molecule has 0 atom stereocenters. The van der Waals surface area contributed by atoms with Gasteiger partial charge in [0, 0.05) is 22.8 Å². The van der Waals surface area contributed by atoms with Crippen LogP contribution in [0.1, 0.15) is 0 Å². The van der Waals surface area contributed by atoms with Crippen LogP contribution in [0, 0.1) is 15.9 Å². The van der Waals surface area contributed by atoms with Crippen LogP contribution in [0.5, 0.6) is 11.6 Å². The van der Waals surface area contributed by atoms with E-state index in [1.165, 1.54) is 12.3 Å². The van der Waals surface area contributed by atoms with Crippen LogP contribution in [-0.4, -0.2) is 9.91 Å². The topological polar surface area (TPSA) is 65.3 Å². The molecule has 8 heteroatoms. The van der Waals surface area contributed by atoms with Crippen molar-refractivity contribution in [2.45, 2.75) is 0 Å². The van der Waals surface area contributed by atoms with Crippen LogP contribution in [0.2, 0.25) is 0 Å². The third-order valence-electron chi connectivity index (χ3n) is 2.10. The van der Waals surface area contributed by atoms with Crippen LogP contribution in [-0.2, 0) is 0 Å². The molecule has 0 saturated heterocycles. The zero-order valence-electron chi connectivity index (χ0n) is 9.14. The van der Waals surface area contributed by atoms with Gasteiger partial charge in [-0.3, -0.25) is 10.1 Å². The highest BCUT2D eigenvalue weighted by Crippen LogP contribution is 2.31. The molecule has 0 spiro atoms. The van der Waals surface area contributed by atoms with E-state index in [0.29, 0.717) is 4.47 Å². The van der Waals surface area contributed by atoms with E-state index in [0.717, 1.165) is 16.6 Å². The highest BCUT2D eigenvalue weighted by Gasteiger charge is 2.15. The van der Waals surface area contributed by atoms with Crippen molar-refractivity contribution < 1.29 is 14.1 Å². The molecule has 5 nitrogen and oxygen atoms in total. The van der Waals surface area contributed by atoms with Crippen LogP contribution in [0.4, 0.5) is 10.1 Å². The van der Waals surface area contributed by atoms with Gasteiger partial charge in [-0.15, -0.1) is 0 Å². The molecule has 98 valence electrons. The third-order valence-corrected chi connectivity index (χ3v) is 3.11. The normalized spacial score (nSPS) is 10.3. The summed E-state index contributed by atoms with van der Waals surface area (Å²) in [6.07, 6.45) is 1.52. The third kappa shape index (κ3) is 3.27. The Morgan fingerprint density at radius 1 is 1.32 bits per heavy atom. The first kappa shape index (κ1) is 13.9. The van der Waals surface area contributed by atoms with Gasteiger partial charge >= 0.3 is 5.69 Å². The second kappa shape index (κ2) is 5.62. The Hall–Kier alpha value is -1.54. The van der Waals surface area contributed by atoms with Crippen molar-refractivity contribution in [1.29, 1.82) is 0 Å². The molecule has 1 aromatic heterocycles. The molecule has 0 saturated carbocycles. The monoisotopic (exact) mass is 390 g/mol. The van der Waals surface area contributed by atoms with Gasteiger partial charge in [0.1, 0.15) is 5.75 Å². The Labute approximate surface area is 123 Å². The second-order valence-electron chi connectivity index (χ2n) is 3.41. The summed E-state index contributed by atoms with van der Waals surface area (Å²) in [7, 11) is 0. The van der Waals surface area contributed by atoms with E-state index in [9.17, 15) is 14.5 Å². The van der Waals surface area contributed by atoms with Gasteiger partial charge in [0.25, 0.3) is 0 Å². The lowest BCUT2D eigenvalue weighted by Gasteiger charge is -2.06. The first-order valence-corrected chi connectivity index (χ1v) is 6.49. The van der Waals surface area contributed by atoms with Crippen LogP contribution >= 0.6 is 31.9 Å². The number of ether oxygens (including phenoxy) is 1. The minimum atomic E-state index is -0.962. The molecule has 0 aliphatic carbocycles. The molecule has 0 radical (unpaired) electrons. The molecular weight excluding hydrogens is 387 g/mol. The van der Waals surface area contributed by atoms with Crippen molar-refractivity contribution in [2.75, 3.05) is 0 Å². The lowest BCUT2D eigenvalue weighted by atomic mass is 10.3. The minimum absolute atomic E-state index is 0.124. The smallest absolute Gasteiger partial charge is 0.305 e. The summed E-state index contributed by atoms with van der Waals surface area (Å²) in [5.74, 6) is -0.606. The van der Waals surface area contributed by atoms with Gasteiger partial charge in [-0.2, -0.15) is 4.39 Å². The zero-order valence-corrected chi connectivity index (χ0v) is 12.3. The predicted molar refractivity (Wildman–Crippen MR) is 72.8 cm³/mol. The maximum atomic E-state index is 13.4. The number of benzene rings is 1. The number of rotatable bonds is 3. The van der Waals surface area contributed by atoms with Crippen LogP contribution in [0.15, 0.2) is 39.4 Å². The number of aromatic nitrogens is 1. The molecule has 0 aliphatic rings. The number of hydrogen-bond donors (Lipinski definition) is 0. The largest absolute Gasteiger partial charge is 0.438 e. The Morgan fingerprint density at radius 2 is 2.05 bits per heavy atom. The van der Waals surface area contributed by atoms with Crippen LogP contribution in [0.3, 0.4) is 0 Å². The van der Waals surface area contributed by atoms with Crippen molar-refractivity contribution in [2.24, 2.45) is 0 Å². The molecule has 19 heavy (non-hydrogen) atoms. The maximum absolute atomic E-state index is 13.4. The predicted octanol–water partition coefficient (Wildman–Crippen LogP) is 4.45. The first-order valence-electron chi connectivity index (χ1n) is 4.90. The molecule has 0 N–H and O–H groups in total. The summed E-state index contributed by atoms with van der Waals surface area (Å²) in [5.41, 5.74) is -0.602. The summed E-state index contributed by atoms with van der Waals surface area (Å²) >= 11 is 6.48. The van der Waals surface area contributed by atoms with Crippen molar-refractivity contribution in [3.8, 4) is 11.6 Å². The summed E-state index contributed by atoms with van der Waals surface area (Å²) in [4.78, 5) is 13.7. The number of nitro groups is 1. The number of halogens is 3. The molecule has 0 unspecified atom stereocenters. The second-order valence-corrected chi connectivity index (χ2v) is 5.18. The van der Waals surface area contributed by atoms with Crippen molar-refractivity contribution in [3.05, 3.63) is 55.3 Å². The molecule has 0 fully saturated rings. The summed E-state index contributed by atoms with van der Waals surface area (Å²) in [6.45, 7) is 0. The minimum Gasteiger partial charge on any atom is -0.438 e. The number of pyridine rings is 1. The van der Waals surface area contributed by atoms with Crippen LogP contribution in [0.25, 0.3) is 0 Å². The standard InChI is InChI=1S/C11H5Br2FN2O3/c12-6-3-8(13)11(15-5-6)19-7-1-2-10(16(17)18)9(14)4-7/h1-5H. The van der Waals surface area contributed by atoms with Gasteiger partial charge in [0.15, 0.2) is 0 Å². The van der Waals surface area contributed by atoms with E-state index < -0.39 is 16.4 Å². The Morgan fingerprint density at radius 3 is 2.63 bits per heavy atom. The van der Waals surface area contributed by atoms with E-state index in [-0.39, 0.29) is 11.6 Å². The van der Waals surface area contributed by atoms with E-state index >= 15 is 0 Å². The van der Waals surface area contributed by atoms with Crippen molar-refractivity contribution in [3.63, 3.8) is 0 Å². The average Bonchev–Trinajstić information content (AvgIpc) is 2.32. The maximum Gasteiger partial charge on any atom is 0.305 e. The molecule has 0 aliphatic heterocycles. The lowest BCUT2D eigenvalue weighted by Crippen LogP contribution is -1.94. The quantitative estimate of drug-likeness (QED) is 0.572. The van der Waals surface area contributed by atoms with E-state index in [4.69, 9.17) is 4.74 Å². The SMILES string of the molecule is O=[N+]([O-])c1ccc(Oc2ncc(Br)cc2Br)cc1F. The van der Waals surface area contributed by atoms with E-state index in [1.54, 1.807) is 6.07 Å². The summed E-state index contributed by atoms with van der Waals surface area (Å²) in [5, 5.41) is 10.5. The first-order chi connectivity index (χ1) is 8.97. The molecular formula is C11H5Br2FN2O3. The van der Waals surface area contributed by atoms with Gasteiger partial charge in [-0.05, 0) is 44.0 Å². The lowest BCUT2D eigenvalue weighted by molar-refractivity contribution is -0.387. The van der Waals surface area contributed by atoms with Crippen LogP contribution < -0.4 is 4.74 Å². The number of nitro benzene ring substituents is 1. The molecule has 2 rings (SSSR count). The average molecular weight is 392 g/mol. The Bertz CT molecular complexity index is 652. The molecule has 1 aromatic carbocycles. The summed E-state index contributed by atoms with van der Waals surface area (Å²) in [6, 6.07) is 4.99. The van der Waals surface area contributed by atoms with Crippen molar-refractivity contribution in [1.82, 2.24) is 4.98 Å². The Balaban J connectivity index is 2.29. The van der Waals surface area contributed by atoms with Gasteiger partial charge in [-0.25, -0.2) is 4.98 Å². The van der Waals surface area contributed by atoms with Crippen molar-refractivity contribution >= 4 is 37.5 Å². The molecule has 0 bridgehead atoms. The highest BCUT2D eigenvalue weighted by molar-refractivity contribution is 9.11. The van der Waals surface area contributed by atoms with Gasteiger partial charge in [-0.1, -0.05) is 0 Å². The fourth-order valence-corrected chi connectivity index (χ4v) is 2.36. The zero-order chi connectivity index (χ0) is 14.0. The van der Waals surface area contributed by atoms with Gasteiger partial charge < -0.3 is 4.74 Å². The highest BCUT2D eigenvalue weighted by atomic mass is 79.9. The molecule has 2 aromatic rings. The molecule has 1 heterocycles. The van der Waals surface area contributed by atoms with Gasteiger partial charge in [0.05, 0.1) is 9.40 Å².